The molecule has 9 heteroatoms. The molecule has 0 aliphatic rings. The van der Waals surface area contributed by atoms with E-state index in [1.54, 1.807) is 48.5 Å². The molecule has 3 rings (SSSR count). The smallest absolute Gasteiger partial charge is 0.281 e. The van der Waals surface area contributed by atoms with Gasteiger partial charge in [-0.3, -0.25) is 9.59 Å². The molecule has 2 aromatic heterocycles. The molecule has 0 spiro atoms. The van der Waals surface area contributed by atoms with Crippen molar-refractivity contribution in [3.8, 4) is 16.2 Å². The minimum atomic E-state index is -0.408. The highest BCUT2D eigenvalue weighted by molar-refractivity contribution is 7.16. The first kappa shape index (κ1) is 23.0. The molecule has 0 unspecified atom stereocenters. The van der Waals surface area contributed by atoms with Gasteiger partial charge in [0, 0.05) is 24.0 Å². The molecule has 1 aromatic carbocycles. The molecule has 0 aliphatic heterocycles. The minimum Gasteiger partial charge on any atom is -0.506 e. The second-order valence-corrected chi connectivity index (χ2v) is 9.26. The zero-order chi connectivity index (χ0) is 22.5. The molecule has 0 aliphatic carbocycles. The van der Waals surface area contributed by atoms with E-state index in [0.29, 0.717) is 37.5 Å². The van der Waals surface area contributed by atoms with E-state index >= 15 is 0 Å². The molecule has 31 heavy (non-hydrogen) atoms. The lowest BCUT2D eigenvalue weighted by molar-refractivity contribution is 0.0799. The highest BCUT2D eigenvalue weighted by atomic mass is 35.5. The van der Waals surface area contributed by atoms with Crippen LogP contribution < -0.4 is 5.43 Å². The van der Waals surface area contributed by atoms with Crippen molar-refractivity contribution >= 4 is 51.8 Å². The van der Waals surface area contributed by atoms with E-state index in [0.717, 1.165) is 23.3 Å². The molecule has 0 saturated carbocycles. The molecule has 3 aromatic rings. The number of halogens is 1. The molecular weight excluding hydrogens is 454 g/mol. The summed E-state index contributed by atoms with van der Waals surface area (Å²) in [5, 5.41) is 17.1. The van der Waals surface area contributed by atoms with Gasteiger partial charge >= 0.3 is 0 Å². The van der Waals surface area contributed by atoms with E-state index in [2.05, 4.69) is 10.5 Å². The summed E-state index contributed by atoms with van der Waals surface area (Å²) in [5.74, 6) is -0.413. The van der Waals surface area contributed by atoms with E-state index in [9.17, 15) is 14.7 Å². The summed E-state index contributed by atoms with van der Waals surface area (Å²) in [6.07, 6.45) is 0.865. The third kappa shape index (κ3) is 5.33. The van der Waals surface area contributed by atoms with Crippen LogP contribution in [0.4, 0.5) is 0 Å². The van der Waals surface area contributed by atoms with E-state index in [1.807, 2.05) is 19.1 Å². The zero-order valence-corrected chi connectivity index (χ0v) is 19.7. The highest BCUT2D eigenvalue weighted by Gasteiger charge is 2.18. The van der Waals surface area contributed by atoms with Gasteiger partial charge in [-0.15, -0.1) is 22.7 Å². The SMILES string of the molecule is CCCN(C)C(=O)c1ccc(C(=O)NN=C(C)c2csc(-c3ccc(Cl)cc3)c2O)s1. The number of hydrogen-bond donors (Lipinski definition) is 2. The number of carbonyl (C=O) groups excluding carboxylic acids is 2. The van der Waals surface area contributed by atoms with Gasteiger partial charge in [0.15, 0.2) is 0 Å². The molecule has 0 saturated heterocycles. The van der Waals surface area contributed by atoms with Crippen molar-refractivity contribution in [2.24, 2.45) is 5.10 Å². The van der Waals surface area contributed by atoms with Crippen LogP contribution in [0.15, 0.2) is 46.9 Å². The Balaban J connectivity index is 1.70. The third-order valence-corrected chi connectivity index (χ3v) is 6.87. The molecule has 2 heterocycles. The Morgan fingerprint density at radius 1 is 1.16 bits per heavy atom. The Bertz CT molecular complexity index is 1120. The van der Waals surface area contributed by atoms with Crippen LogP contribution in [0, 0.1) is 0 Å². The number of hydrogen-bond acceptors (Lipinski definition) is 6. The summed E-state index contributed by atoms with van der Waals surface area (Å²) in [6, 6.07) is 10.4. The number of rotatable bonds is 7. The van der Waals surface area contributed by atoms with E-state index in [4.69, 9.17) is 11.6 Å². The Morgan fingerprint density at radius 2 is 1.84 bits per heavy atom. The zero-order valence-electron chi connectivity index (χ0n) is 17.3. The van der Waals surface area contributed by atoms with Crippen LogP contribution in [0.3, 0.4) is 0 Å². The fourth-order valence-electron chi connectivity index (χ4n) is 2.86. The first-order valence-corrected chi connectivity index (χ1v) is 11.7. The van der Waals surface area contributed by atoms with Gasteiger partial charge in [0.05, 0.1) is 25.9 Å². The average Bonchev–Trinajstić information content (AvgIpc) is 3.39. The van der Waals surface area contributed by atoms with E-state index in [1.165, 1.54) is 11.3 Å². The first-order chi connectivity index (χ1) is 14.8. The lowest BCUT2D eigenvalue weighted by atomic mass is 10.1. The number of amides is 2. The van der Waals surface area contributed by atoms with Crippen LogP contribution in [-0.4, -0.2) is 41.1 Å². The van der Waals surface area contributed by atoms with Crippen molar-refractivity contribution in [2.45, 2.75) is 20.3 Å². The van der Waals surface area contributed by atoms with E-state index < -0.39 is 5.91 Å². The fraction of sp³-hybridized carbons (Fsp3) is 0.227. The van der Waals surface area contributed by atoms with E-state index in [-0.39, 0.29) is 11.7 Å². The highest BCUT2D eigenvalue weighted by Crippen LogP contribution is 2.39. The van der Waals surface area contributed by atoms with Crippen molar-refractivity contribution in [3.05, 3.63) is 62.1 Å². The average molecular weight is 476 g/mol. The number of nitrogens with one attached hydrogen (secondary N) is 1. The summed E-state index contributed by atoms with van der Waals surface area (Å²) >= 11 is 8.43. The van der Waals surface area contributed by atoms with Gasteiger partial charge in [-0.2, -0.15) is 5.10 Å². The Morgan fingerprint density at radius 3 is 2.52 bits per heavy atom. The summed E-state index contributed by atoms with van der Waals surface area (Å²) < 4.78 is 0. The number of benzene rings is 1. The summed E-state index contributed by atoms with van der Waals surface area (Å²) in [7, 11) is 1.74. The van der Waals surface area contributed by atoms with Crippen LogP contribution in [0.2, 0.25) is 5.02 Å². The first-order valence-electron chi connectivity index (χ1n) is 9.58. The number of carbonyl (C=O) groups is 2. The molecule has 0 fully saturated rings. The third-order valence-electron chi connectivity index (χ3n) is 4.53. The van der Waals surface area contributed by atoms with Crippen LogP contribution >= 0.6 is 34.3 Å². The van der Waals surface area contributed by atoms with Crippen molar-refractivity contribution in [1.29, 1.82) is 0 Å². The number of hydrazone groups is 1. The van der Waals surface area contributed by atoms with Gasteiger partial charge in [-0.05, 0) is 43.2 Å². The van der Waals surface area contributed by atoms with Gasteiger partial charge in [-0.1, -0.05) is 30.7 Å². The summed E-state index contributed by atoms with van der Waals surface area (Å²) in [6.45, 7) is 4.36. The van der Waals surface area contributed by atoms with Crippen LogP contribution in [0.5, 0.6) is 5.75 Å². The molecular formula is C22H22ClN3O3S2. The monoisotopic (exact) mass is 475 g/mol. The van der Waals surface area contributed by atoms with Gasteiger partial charge < -0.3 is 10.0 Å². The molecule has 0 radical (unpaired) electrons. The van der Waals surface area contributed by atoms with Crippen molar-refractivity contribution in [1.82, 2.24) is 10.3 Å². The maximum atomic E-state index is 12.5. The largest absolute Gasteiger partial charge is 0.506 e. The Kier molecular flexibility index (Phi) is 7.48. The Labute approximate surface area is 193 Å². The Hall–Kier alpha value is -2.68. The molecule has 0 bridgehead atoms. The number of aromatic hydroxyl groups is 1. The van der Waals surface area contributed by atoms with Gasteiger partial charge in [0.25, 0.3) is 11.8 Å². The van der Waals surface area contributed by atoms with Crippen LogP contribution in [-0.2, 0) is 0 Å². The molecule has 2 amide bonds. The minimum absolute atomic E-state index is 0.103. The molecule has 162 valence electrons. The van der Waals surface area contributed by atoms with Gasteiger partial charge in [0.1, 0.15) is 5.75 Å². The normalized spacial score (nSPS) is 11.4. The predicted molar refractivity (Wildman–Crippen MR) is 128 cm³/mol. The van der Waals surface area contributed by atoms with Crippen LogP contribution in [0.25, 0.3) is 10.4 Å². The summed E-state index contributed by atoms with van der Waals surface area (Å²) in [5.41, 5.74) is 4.35. The van der Waals surface area contributed by atoms with Crippen molar-refractivity contribution in [2.75, 3.05) is 13.6 Å². The number of nitrogens with zero attached hydrogens (tertiary/aromatic N) is 2. The van der Waals surface area contributed by atoms with Gasteiger partial charge in [0.2, 0.25) is 0 Å². The maximum absolute atomic E-state index is 12.5. The second-order valence-electron chi connectivity index (χ2n) is 6.86. The maximum Gasteiger partial charge on any atom is 0.281 e. The molecule has 2 N–H and O–H groups in total. The van der Waals surface area contributed by atoms with Gasteiger partial charge in [-0.25, -0.2) is 5.43 Å². The van der Waals surface area contributed by atoms with Crippen LogP contribution in [0.1, 0.15) is 45.2 Å². The van der Waals surface area contributed by atoms with Crippen molar-refractivity contribution in [3.63, 3.8) is 0 Å². The quantitative estimate of drug-likeness (QED) is 0.351. The predicted octanol–water partition coefficient (Wildman–Crippen LogP) is 5.47. The molecule has 0 atom stereocenters. The molecule has 6 nitrogen and oxygen atoms in total. The topological polar surface area (TPSA) is 82.0 Å². The number of thiophene rings is 2. The standard InChI is InChI=1S/C22H22ClN3O3S2/c1-4-11-26(3)22(29)18-10-9-17(31-18)21(28)25-24-13(2)16-12-30-20(19(16)27)14-5-7-15(23)8-6-14/h5-10,12,27H,4,11H2,1-3H3,(H,25,28). The lowest BCUT2D eigenvalue weighted by Gasteiger charge is -2.14. The fourth-order valence-corrected chi connectivity index (χ4v) is 4.89. The summed E-state index contributed by atoms with van der Waals surface area (Å²) in [4.78, 5) is 28.0. The lowest BCUT2D eigenvalue weighted by Crippen LogP contribution is -2.26. The van der Waals surface area contributed by atoms with Crippen molar-refractivity contribution < 1.29 is 14.7 Å². The second kappa shape index (κ2) is 10.1.